The van der Waals surface area contributed by atoms with Crippen LogP contribution in [0.2, 0.25) is 0 Å². The second-order valence-corrected chi connectivity index (χ2v) is 4.62. The minimum absolute atomic E-state index is 0.0753. The van der Waals surface area contributed by atoms with Gasteiger partial charge in [-0.1, -0.05) is 30.3 Å². The number of methoxy groups -OCH3 is 1. The lowest BCUT2D eigenvalue weighted by atomic mass is 10.1. The Morgan fingerprint density at radius 3 is 2.95 bits per heavy atom. The van der Waals surface area contributed by atoms with Gasteiger partial charge in [-0.25, -0.2) is 0 Å². The Kier molecular flexibility index (Phi) is 4.90. The van der Waals surface area contributed by atoms with E-state index in [9.17, 15) is 4.79 Å². The van der Waals surface area contributed by atoms with Crippen molar-refractivity contribution in [2.24, 2.45) is 5.73 Å². The van der Waals surface area contributed by atoms with E-state index in [1.165, 1.54) is 0 Å². The highest BCUT2D eigenvalue weighted by Crippen LogP contribution is 2.22. The van der Waals surface area contributed by atoms with Crippen LogP contribution in [0, 0.1) is 0 Å². The number of nitrogens with two attached hydrogens (primary N) is 1. The number of hydrogen-bond donors (Lipinski definition) is 1. The summed E-state index contributed by atoms with van der Waals surface area (Å²) < 4.78 is 10.6. The lowest BCUT2D eigenvalue weighted by molar-refractivity contribution is -0.141. The first-order valence-electron chi connectivity index (χ1n) is 6.42. The largest absolute Gasteiger partial charge is 0.383 e. The molecule has 1 amide bonds. The normalized spacial score (nSPS) is 21.2. The highest BCUT2D eigenvalue weighted by molar-refractivity contribution is 5.81. The Bertz CT molecular complexity index is 410. The maximum absolute atomic E-state index is 12.1. The average Bonchev–Trinajstić information content (AvgIpc) is 2.48. The summed E-state index contributed by atoms with van der Waals surface area (Å²) in [4.78, 5) is 13.9. The fourth-order valence-electron chi connectivity index (χ4n) is 2.20. The summed E-state index contributed by atoms with van der Waals surface area (Å²) in [5, 5.41) is 0. The molecule has 1 heterocycles. The number of nitrogens with zero attached hydrogens (tertiary/aromatic N) is 1. The van der Waals surface area contributed by atoms with Crippen LogP contribution >= 0.6 is 0 Å². The standard InChI is InChI=1S/C14H20N2O3/c1-18-10-12(15)14(17)16-7-8-19-13(9-16)11-5-3-2-4-6-11/h2-6,12-13H,7-10,15H2,1H3. The van der Waals surface area contributed by atoms with Crippen molar-refractivity contribution in [1.29, 1.82) is 0 Å². The molecular weight excluding hydrogens is 244 g/mol. The van der Waals surface area contributed by atoms with Gasteiger partial charge in [-0.15, -0.1) is 0 Å². The predicted molar refractivity (Wildman–Crippen MR) is 71.6 cm³/mol. The number of rotatable bonds is 4. The molecule has 1 saturated heterocycles. The summed E-state index contributed by atoms with van der Waals surface area (Å²) >= 11 is 0. The molecule has 2 N–H and O–H groups in total. The van der Waals surface area contributed by atoms with E-state index >= 15 is 0 Å². The topological polar surface area (TPSA) is 64.8 Å². The van der Waals surface area contributed by atoms with Crippen LogP contribution in [0.15, 0.2) is 30.3 Å². The van der Waals surface area contributed by atoms with E-state index in [2.05, 4.69) is 0 Å². The summed E-state index contributed by atoms with van der Waals surface area (Å²) in [6.07, 6.45) is -0.0753. The van der Waals surface area contributed by atoms with E-state index in [0.717, 1.165) is 5.56 Å². The third-order valence-electron chi connectivity index (χ3n) is 3.21. The molecule has 5 nitrogen and oxygen atoms in total. The summed E-state index contributed by atoms with van der Waals surface area (Å²) in [5.74, 6) is -0.0777. The minimum atomic E-state index is -0.598. The van der Waals surface area contributed by atoms with Gasteiger partial charge in [-0.2, -0.15) is 0 Å². The molecule has 0 spiro atoms. The molecule has 0 aliphatic carbocycles. The fraction of sp³-hybridized carbons (Fsp3) is 0.500. The molecule has 0 bridgehead atoms. The van der Waals surface area contributed by atoms with Gasteiger partial charge in [0.15, 0.2) is 0 Å². The molecule has 0 saturated carbocycles. The van der Waals surface area contributed by atoms with Gasteiger partial charge in [-0.3, -0.25) is 4.79 Å². The highest BCUT2D eigenvalue weighted by atomic mass is 16.5. The Balaban J connectivity index is 1.99. The van der Waals surface area contributed by atoms with Crippen molar-refractivity contribution in [1.82, 2.24) is 4.90 Å². The Morgan fingerprint density at radius 2 is 2.26 bits per heavy atom. The van der Waals surface area contributed by atoms with Gasteiger partial charge in [-0.05, 0) is 5.56 Å². The van der Waals surface area contributed by atoms with Crippen LogP contribution in [0.25, 0.3) is 0 Å². The maximum atomic E-state index is 12.1. The summed E-state index contributed by atoms with van der Waals surface area (Å²) in [6, 6.07) is 9.32. The number of morpholine rings is 1. The Hall–Kier alpha value is -1.43. The van der Waals surface area contributed by atoms with E-state index in [0.29, 0.717) is 19.7 Å². The van der Waals surface area contributed by atoms with Crippen LogP contribution in [0.3, 0.4) is 0 Å². The van der Waals surface area contributed by atoms with Gasteiger partial charge < -0.3 is 20.1 Å². The lowest BCUT2D eigenvalue weighted by Crippen LogP contribution is -2.50. The van der Waals surface area contributed by atoms with Gasteiger partial charge in [0.25, 0.3) is 0 Å². The minimum Gasteiger partial charge on any atom is -0.383 e. The smallest absolute Gasteiger partial charge is 0.242 e. The van der Waals surface area contributed by atoms with Crippen molar-refractivity contribution < 1.29 is 14.3 Å². The Morgan fingerprint density at radius 1 is 1.53 bits per heavy atom. The van der Waals surface area contributed by atoms with E-state index in [4.69, 9.17) is 15.2 Å². The van der Waals surface area contributed by atoms with Gasteiger partial charge in [0, 0.05) is 13.7 Å². The molecule has 2 rings (SSSR count). The number of carbonyl (C=O) groups is 1. The first-order chi connectivity index (χ1) is 9.22. The van der Waals surface area contributed by atoms with E-state index < -0.39 is 6.04 Å². The number of hydrogen-bond acceptors (Lipinski definition) is 4. The molecule has 1 aliphatic rings. The van der Waals surface area contributed by atoms with Crippen molar-refractivity contribution in [2.75, 3.05) is 33.4 Å². The number of carbonyl (C=O) groups excluding carboxylic acids is 1. The highest BCUT2D eigenvalue weighted by Gasteiger charge is 2.28. The van der Waals surface area contributed by atoms with Crippen LogP contribution in [-0.2, 0) is 14.3 Å². The number of ether oxygens (including phenoxy) is 2. The molecule has 2 atom stereocenters. The van der Waals surface area contributed by atoms with Crippen LogP contribution in [-0.4, -0.2) is 50.3 Å². The van der Waals surface area contributed by atoms with Gasteiger partial charge in [0.2, 0.25) is 5.91 Å². The number of amides is 1. The van der Waals surface area contributed by atoms with E-state index in [1.807, 2.05) is 30.3 Å². The van der Waals surface area contributed by atoms with Crippen LogP contribution < -0.4 is 5.73 Å². The van der Waals surface area contributed by atoms with Crippen molar-refractivity contribution in [3.63, 3.8) is 0 Å². The zero-order chi connectivity index (χ0) is 13.7. The third kappa shape index (κ3) is 3.53. The maximum Gasteiger partial charge on any atom is 0.242 e. The Labute approximate surface area is 113 Å². The SMILES string of the molecule is COCC(N)C(=O)N1CCOC(c2ccccc2)C1. The summed E-state index contributed by atoms with van der Waals surface area (Å²) in [5.41, 5.74) is 6.87. The first-order valence-corrected chi connectivity index (χ1v) is 6.42. The molecule has 0 aromatic heterocycles. The summed E-state index contributed by atoms with van der Waals surface area (Å²) in [7, 11) is 1.54. The quantitative estimate of drug-likeness (QED) is 0.863. The molecule has 5 heteroatoms. The van der Waals surface area contributed by atoms with Gasteiger partial charge >= 0.3 is 0 Å². The third-order valence-corrected chi connectivity index (χ3v) is 3.21. The van der Waals surface area contributed by atoms with Crippen LogP contribution in [0.4, 0.5) is 0 Å². The molecule has 0 radical (unpaired) electrons. The molecule has 2 unspecified atom stereocenters. The molecule has 1 fully saturated rings. The monoisotopic (exact) mass is 264 g/mol. The van der Waals surface area contributed by atoms with Crippen molar-refractivity contribution >= 4 is 5.91 Å². The van der Waals surface area contributed by atoms with E-state index in [1.54, 1.807) is 12.0 Å². The van der Waals surface area contributed by atoms with E-state index in [-0.39, 0.29) is 18.6 Å². The zero-order valence-corrected chi connectivity index (χ0v) is 11.1. The zero-order valence-electron chi connectivity index (χ0n) is 11.1. The molecule has 104 valence electrons. The van der Waals surface area contributed by atoms with Crippen molar-refractivity contribution in [3.05, 3.63) is 35.9 Å². The predicted octanol–water partition coefficient (Wildman–Crippen LogP) is 0.560. The second-order valence-electron chi connectivity index (χ2n) is 4.62. The number of benzene rings is 1. The fourth-order valence-corrected chi connectivity index (χ4v) is 2.20. The molecule has 1 aromatic carbocycles. The van der Waals surface area contributed by atoms with Crippen LogP contribution in [0.5, 0.6) is 0 Å². The second kappa shape index (κ2) is 6.65. The van der Waals surface area contributed by atoms with Crippen molar-refractivity contribution in [2.45, 2.75) is 12.1 Å². The van der Waals surface area contributed by atoms with Gasteiger partial charge in [0.05, 0.1) is 19.8 Å². The first kappa shape index (κ1) is 14.0. The van der Waals surface area contributed by atoms with Crippen LogP contribution in [0.1, 0.15) is 11.7 Å². The lowest BCUT2D eigenvalue weighted by Gasteiger charge is -2.34. The average molecular weight is 264 g/mol. The molecule has 19 heavy (non-hydrogen) atoms. The van der Waals surface area contributed by atoms with Gasteiger partial charge in [0.1, 0.15) is 12.1 Å². The molecule has 1 aromatic rings. The van der Waals surface area contributed by atoms with Crippen molar-refractivity contribution in [3.8, 4) is 0 Å². The molecule has 1 aliphatic heterocycles. The molecular formula is C14H20N2O3. The summed E-state index contributed by atoms with van der Waals surface area (Å²) in [6.45, 7) is 1.90.